The van der Waals surface area contributed by atoms with E-state index in [1.54, 1.807) is 0 Å². The maximum Gasteiger partial charge on any atom is 0.307 e. The van der Waals surface area contributed by atoms with Gasteiger partial charge >= 0.3 is 5.97 Å². The monoisotopic (exact) mass is 155 g/mol. The van der Waals surface area contributed by atoms with Gasteiger partial charge in [0.05, 0.1) is 0 Å². The molecule has 1 amide bonds. The van der Waals surface area contributed by atoms with E-state index >= 15 is 0 Å². The number of hydrogen-bond donors (Lipinski definition) is 1. The normalized spacial score (nSPS) is 36.0. The van der Waals surface area contributed by atoms with Gasteiger partial charge in [-0.15, -0.1) is 0 Å². The Bertz CT molecular complexity index is 226. The third-order valence-electron chi connectivity index (χ3n) is 2.27. The van der Waals surface area contributed by atoms with Crippen molar-refractivity contribution in [3.63, 3.8) is 0 Å². The lowest BCUT2D eigenvalue weighted by Crippen LogP contribution is -2.37. The number of rotatable bonds is 0. The molecule has 0 saturated carbocycles. The van der Waals surface area contributed by atoms with Crippen molar-refractivity contribution in [2.75, 3.05) is 6.54 Å². The van der Waals surface area contributed by atoms with Crippen molar-refractivity contribution in [3.05, 3.63) is 0 Å². The molecule has 0 radical (unpaired) electrons. The molecule has 2 aliphatic rings. The zero-order chi connectivity index (χ0) is 7.90. The molecule has 0 aromatic heterocycles. The van der Waals surface area contributed by atoms with E-state index in [2.05, 4.69) is 5.32 Å². The highest BCUT2D eigenvalue weighted by Gasteiger charge is 2.49. The second kappa shape index (κ2) is 1.96. The molecule has 11 heavy (non-hydrogen) atoms. The van der Waals surface area contributed by atoms with Crippen molar-refractivity contribution >= 4 is 11.9 Å². The van der Waals surface area contributed by atoms with E-state index in [1.807, 2.05) is 0 Å². The molecule has 0 bridgehead atoms. The van der Waals surface area contributed by atoms with Crippen molar-refractivity contribution in [1.82, 2.24) is 5.32 Å². The summed E-state index contributed by atoms with van der Waals surface area (Å²) in [6, 6.07) is 0. The predicted octanol–water partition coefficient (Wildman–Crippen LogP) is -0.418. The Kier molecular flexibility index (Phi) is 1.19. The van der Waals surface area contributed by atoms with E-state index in [1.165, 1.54) is 0 Å². The van der Waals surface area contributed by atoms with Gasteiger partial charge in [-0.05, 0) is 0 Å². The van der Waals surface area contributed by atoms with Crippen LogP contribution in [0.5, 0.6) is 0 Å². The fourth-order valence-corrected chi connectivity index (χ4v) is 1.61. The SMILES string of the molecule is O=C1CCC2(CCNC2=O)O1. The van der Waals surface area contributed by atoms with Crippen LogP contribution in [0.25, 0.3) is 0 Å². The molecule has 1 spiro atoms. The summed E-state index contributed by atoms with van der Waals surface area (Å²) < 4.78 is 4.97. The molecular weight excluding hydrogens is 146 g/mol. The molecule has 2 rings (SSSR count). The summed E-state index contributed by atoms with van der Waals surface area (Å²) in [7, 11) is 0. The molecule has 4 heteroatoms. The van der Waals surface area contributed by atoms with Gasteiger partial charge in [-0.2, -0.15) is 0 Å². The fourth-order valence-electron chi connectivity index (χ4n) is 1.61. The van der Waals surface area contributed by atoms with Crippen molar-refractivity contribution in [2.45, 2.75) is 24.9 Å². The average molecular weight is 155 g/mol. The lowest BCUT2D eigenvalue weighted by Gasteiger charge is -2.16. The van der Waals surface area contributed by atoms with Crippen molar-refractivity contribution in [1.29, 1.82) is 0 Å². The molecule has 2 saturated heterocycles. The summed E-state index contributed by atoms with van der Waals surface area (Å²) in [5, 5.41) is 2.66. The van der Waals surface area contributed by atoms with Gasteiger partial charge in [-0.25, -0.2) is 0 Å². The summed E-state index contributed by atoms with van der Waals surface area (Å²) in [4.78, 5) is 21.9. The molecule has 0 aromatic carbocycles. The summed E-state index contributed by atoms with van der Waals surface area (Å²) in [6.07, 6.45) is 1.57. The van der Waals surface area contributed by atoms with E-state index < -0.39 is 5.60 Å². The van der Waals surface area contributed by atoms with Crippen LogP contribution < -0.4 is 5.32 Å². The number of amides is 1. The number of esters is 1. The van der Waals surface area contributed by atoms with Crippen LogP contribution in [0, 0.1) is 0 Å². The number of carbonyl (C=O) groups excluding carboxylic acids is 2. The van der Waals surface area contributed by atoms with E-state index in [9.17, 15) is 9.59 Å². The van der Waals surface area contributed by atoms with Crippen LogP contribution in [0.4, 0.5) is 0 Å². The Morgan fingerprint density at radius 2 is 2.18 bits per heavy atom. The van der Waals surface area contributed by atoms with Gasteiger partial charge < -0.3 is 10.1 Å². The lowest BCUT2D eigenvalue weighted by molar-refractivity contribution is -0.155. The largest absolute Gasteiger partial charge is 0.449 e. The van der Waals surface area contributed by atoms with E-state index in [0.717, 1.165) is 0 Å². The molecule has 0 aliphatic carbocycles. The van der Waals surface area contributed by atoms with Crippen molar-refractivity contribution in [3.8, 4) is 0 Å². The van der Waals surface area contributed by atoms with Crippen LogP contribution in [0.1, 0.15) is 19.3 Å². The molecule has 2 aliphatic heterocycles. The van der Waals surface area contributed by atoms with Crippen molar-refractivity contribution in [2.24, 2.45) is 0 Å². The van der Waals surface area contributed by atoms with Gasteiger partial charge in [0.15, 0.2) is 5.60 Å². The summed E-state index contributed by atoms with van der Waals surface area (Å²) in [5.74, 6) is -0.370. The Hall–Kier alpha value is -1.06. The first-order valence-electron chi connectivity index (χ1n) is 3.73. The zero-order valence-corrected chi connectivity index (χ0v) is 6.05. The maximum absolute atomic E-state index is 11.2. The second-order valence-electron chi connectivity index (χ2n) is 2.97. The van der Waals surface area contributed by atoms with Crippen LogP contribution >= 0.6 is 0 Å². The molecule has 4 nitrogen and oxygen atoms in total. The first kappa shape index (κ1) is 6.64. The van der Waals surface area contributed by atoms with Crippen LogP contribution in [0.2, 0.25) is 0 Å². The van der Waals surface area contributed by atoms with Gasteiger partial charge in [-0.1, -0.05) is 0 Å². The average Bonchev–Trinajstić information content (AvgIpc) is 2.46. The summed E-state index contributed by atoms with van der Waals surface area (Å²) in [5.41, 5.74) is -0.781. The first-order chi connectivity index (χ1) is 5.23. The highest BCUT2D eigenvalue weighted by Crippen LogP contribution is 2.32. The molecule has 2 heterocycles. The van der Waals surface area contributed by atoms with Crippen LogP contribution in [0.3, 0.4) is 0 Å². The van der Waals surface area contributed by atoms with E-state index in [0.29, 0.717) is 25.8 Å². The Balaban J connectivity index is 2.22. The zero-order valence-electron chi connectivity index (χ0n) is 6.05. The smallest absolute Gasteiger partial charge is 0.307 e. The minimum atomic E-state index is -0.781. The first-order valence-corrected chi connectivity index (χ1v) is 3.73. The van der Waals surface area contributed by atoms with Crippen LogP contribution in [-0.2, 0) is 14.3 Å². The lowest BCUT2D eigenvalue weighted by atomic mass is 9.99. The molecule has 1 N–H and O–H groups in total. The molecule has 1 unspecified atom stereocenters. The second-order valence-corrected chi connectivity index (χ2v) is 2.97. The summed E-state index contributed by atoms with van der Waals surface area (Å²) >= 11 is 0. The maximum atomic E-state index is 11.2. The minimum Gasteiger partial charge on any atom is -0.449 e. The highest BCUT2D eigenvalue weighted by molar-refractivity contribution is 5.92. The predicted molar refractivity (Wildman–Crippen MR) is 35.7 cm³/mol. The molecule has 0 aromatic rings. The van der Waals surface area contributed by atoms with Crippen LogP contribution in [0.15, 0.2) is 0 Å². The number of nitrogens with one attached hydrogen (secondary N) is 1. The van der Waals surface area contributed by atoms with Gasteiger partial charge in [0.2, 0.25) is 0 Å². The molecule has 1 atom stereocenters. The van der Waals surface area contributed by atoms with Gasteiger partial charge in [-0.3, -0.25) is 9.59 Å². The van der Waals surface area contributed by atoms with Gasteiger partial charge in [0, 0.05) is 25.8 Å². The van der Waals surface area contributed by atoms with Crippen LogP contribution in [-0.4, -0.2) is 24.0 Å². The standard InChI is InChI=1S/C7H9NO3/c9-5-1-2-7(11-5)3-4-8-6(7)10/h1-4H2,(H,8,10). The molecule has 2 fully saturated rings. The van der Waals surface area contributed by atoms with Crippen molar-refractivity contribution < 1.29 is 14.3 Å². The Labute approximate surface area is 63.9 Å². The fraction of sp³-hybridized carbons (Fsp3) is 0.714. The third-order valence-corrected chi connectivity index (χ3v) is 2.27. The van der Waals surface area contributed by atoms with Gasteiger partial charge in [0.1, 0.15) is 0 Å². The number of hydrogen-bond acceptors (Lipinski definition) is 3. The highest BCUT2D eigenvalue weighted by atomic mass is 16.6. The quantitative estimate of drug-likeness (QED) is 0.483. The molecular formula is C7H9NO3. The third kappa shape index (κ3) is 0.818. The molecule has 60 valence electrons. The minimum absolute atomic E-state index is 0.122. The Morgan fingerprint density at radius 3 is 2.64 bits per heavy atom. The number of carbonyl (C=O) groups is 2. The van der Waals surface area contributed by atoms with Gasteiger partial charge in [0.25, 0.3) is 5.91 Å². The number of ether oxygens (including phenoxy) is 1. The van der Waals surface area contributed by atoms with E-state index in [4.69, 9.17) is 4.74 Å². The van der Waals surface area contributed by atoms with E-state index in [-0.39, 0.29) is 11.9 Å². The topological polar surface area (TPSA) is 55.4 Å². The Morgan fingerprint density at radius 1 is 1.36 bits per heavy atom. The summed E-state index contributed by atoms with van der Waals surface area (Å²) in [6.45, 7) is 0.631.